The SMILES string of the molecule is CC(C)CC(O)CNC(=O)c1cc([N+](=O)[O-])c[nH]1. The number of carbonyl (C=O) groups is 1. The van der Waals surface area contributed by atoms with Gasteiger partial charge in [-0.1, -0.05) is 13.8 Å². The summed E-state index contributed by atoms with van der Waals surface area (Å²) in [6.07, 6.45) is 1.13. The lowest BCUT2D eigenvalue weighted by atomic mass is 10.1. The zero-order chi connectivity index (χ0) is 13.7. The lowest BCUT2D eigenvalue weighted by molar-refractivity contribution is -0.384. The molecule has 0 spiro atoms. The molecule has 0 aliphatic heterocycles. The summed E-state index contributed by atoms with van der Waals surface area (Å²) in [5.74, 6) is -0.130. The highest BCUT2D eigenvalue weighted by molar-refractivity contribution is 5.93. The molecule has 100 valence electrons. The van der Waals surface area contributed by atoms with Gasteiger partial charge in [0, 0.05) is 12.6 Å². The lowest BCUT2D eigenvalue weighted by Gasteiger charge is -2.13. The Morgan fingerprint density at radius 3 is 2.78 bits per heavy atom. The number of hydrogen-bond acceptors (Lipinski definition) is 4. The molecule has 0 bridgehead atoms. The Bertz CT molecular complexity index is 428. The number of aromatic nitrogens is 1. The molecule has 1 heterocycles. The van der Waals surface area contributed by atoms with Crippen LogP contribution in [0.2, 0.25) is 0 Å². The van der Waals surface area contributed by atoms with Crippen LogP contribution in [0.15, 0.2) is 12.3 Å². The fourth-order valence-electron chi connectivity index (χ4n) is 1.55. The highest BCUT2D eigenvalue weighted by Crippen LogP contribution is 2.12. The van der Waals surface area contributed by atoms with E-state index in [1.165, 1.54) is 0 Å². The molecular weight excluding hydrogens is 238 g/mol. The van der Waals surface area contributed by atoms with Gasteiger partial charge in [-0.05, 0) is 12.3 Å². The fraction of sp³-hybridized carbons (Fsp3) is 0.545. The molecule has 1 rings (SSSR count). The Morgan fingerprint density at radius 1 is 1.61 bits per heavy atom. The van der Waals surface area contributed by atoms with Crippen LogP contribution < -0.4 is 5.32 Å². The maximum Gasteiger partial charge on any atom is 0.287 e. The monoisotopic (exact) mass is 255 g/mol. The van der Waals surface area contributed by atoms with E-state index in [2.05, 4.69) is 10.3 Å². The summed E-state index contributed by atoms with van der Waals surface area (Å²) < 4.78 is 0. The highest BCUT2D eigenvalue weighted by Gasteiger charge is 2.15. The van der Waals surface area contributed by atoms with Gasteiger partial charge in [-0.25, -0.2) is 0 Å². The van der Waals surface area contributed by atoms with E-state index in [-0.39, 0.29) is 17.9 Å². The molecule has 0 fully saturated rings. The van der Waals surface area contributed by atoms with Gasteiger partial charge in [0.25, 0.3) is 11.6 Å². The highest BCUT2D eigenvalue weighted by atomic mass is 16.6. The minimum Gasteiger partial charge on any atom is -0.391 e. The Kier molecular flexibility index (Phi) is 4.85. The molecule has 1 unspecified atom stereocenters. The Morgan fingerprint density at radius 2 is 2.28 bits per heavy atom. The number of nitrogens with zero attached hydrogens (tertiary/aromatic N) is 1. The first-order valence-electron chi connectivity index (χ1n) is 5.69. The van der Waals surface area contributed by atoms with Crippen molar-refractivity contribution < 1.29 is 14.8 Å². The number of aliphatic hydroxyl groups excluding tert-OH is 1. The third-order valence-electron chi connectivity index (χ3n) is 2.36. The molecule has 1 aromatic heterocycles. The molecule has 18 heavy (non-hydrogen) atoms. The van der Waals surface area contributed by atoms with Crippen molar-refractivity contribution >= 4 is 11.6 Å². The van der Waals surface area contributed by atoms with Crippen LogP contribution >= 0.6 is 0 Å². The molecule has 0 radical (unpaired) electrons. The number of aliphatic hydroxyl groups is 1. The number of nitro groups is 1. The molecule has 1 aromatic rings. The van der Waals surface area contributed by atoms with Crippen LogP contribution in [0.1, 0.15) is 30.8 Å². The first-order valence-corrected chi connectivity index (χ1v) is 5.69. The van der Waals surface area contributed by atoms with E-state index in [0.29, 0.717) is 12.3 Å². The molecule has 0 aliphatic carbocycles. The lowest BCUT2D eigenvalue weighted by Crippen LogP contribution is -2.32. The second-order valence-electron chi connectivity index (χ2n) is 4.52. The van der Waals surface area contributed by atoms with Crippen molar-refractivity contribution in [1.82, 2.24) is 10.3 Å². The third-order valence-corrected chi connectivity index (χ3v) is 2.36. The van der Waals surface area contributed by atoms with Crippen molar-refractivity contribution in [3.8, 4) is 0 Å². The van der Waals surface area contributed by atoms with E-state index >= 15 is 0 Å². The van der Waals surface area contributed by atoms with E-state index in [4.69, 9.17) is 0 Å². The number of amides is 1. The van der Waals surface area contributed by atoms with Crippen LogP contribution in [-0.2, 0) is 0 Å². The quantitative estimate of drug-likeness (QED) is 0.521. The molecule has 0 aromatic carbocycles. The summed E-state index contributed by atoms with van der Waals surface area (Å²) in [6.45, 7) is 4.07. The second kappa shape index (κ2) is 6.15. The molecular formula is C11H17N3O4. The third kappa shape index (κ3) is 4.17. The maximum atomic E-state index is 11.6. The predicted molar refractivity (Wildman–Crippen MR) is 65.2 cm³/mol. The molecule has 1 atom stereocenters. The molecule has 1 amide bonds. The minimum atomic E-state index is -0.612. The molecule has 3 N–H and O–H groups in total. The number of carbonyl (C=O) groups excluding carboxylic acids is 1. The largest absolute Gasteiger partial charge is 0.391 e. The zero-order valence-corrected chi connectivity index (χ0v) is 10.3. The predicted octanol–water partition coefficient (Wildman–Crippen LogP) is 1.06. The average molecular weight is 255 g/mol. The van der Waals surface area contributed by atoms with Crippen LogP contribution in [0.3, 0.4) is 0 Å². The summed E-state index contributed by atoms with van der Waals surface area (Å²) in [4.78, 5) is 24.0. The summed E-state index contributed by atoms with van der Waals surface area (Å²) in [7, 11) is 0. The minimum absolute atomic E-state index is 0.110. The maximum absolute atomic E-state index is 11.6. The van der Waals surface area contributed by atoms with Crippen molar-refractivity contribution in [2.45, 2.75) is 26.4 Å². The number of aromatic amines is 1. The van der Waals surface area contributed by atoms with Gasteiger partial charge in [0.1, 0.15) is 5.69 Å². The summed E-state index contributed by atoms with van der Waals surface area (Å²) >= 11 is 0. The fourth-order valence-corrected chi connectivity index (χ4v) is 1.55. The van der Waals surface area contributed by atoms with Crippen molar-refractivity contribution in [3.63, 3.8) is 0 Å². The second-order valence-corrected chi connectivity index (χ2v) is 4.52. The van der Waals surface area contributed by atoms with Gasteiger partial charge in [-0.15, -0.1) is 0 Å². The van der Waals surface area contributed by atoms with E-state index in [9.17, 15) is 20.0 Å². The van der Waals surface area contributed by atoms with Crippen molar-refractivity contribution in [1.29, 1.82) is 0 Å². The van der Waals surface area contributed by atoms with E-state index in [1.807, 2.05) is 13.8 Å². The molecule has 0 saturated carbocycles. The molecule has 7 heteroatoms. The van der Waals surface area contributed by atoms with Gasteiger partial charge < -0.3 is 15.4 Å². The number of rotatable bonds is 6. The standard InChI is InChI=1S/C11H17N3O4/c1-7(2)3-9(15)6-13-11(16)10-4-8(5-12-10)14(17)18/h4-5,7,9,12,15H,3,6H2,1-2H3,(H,13,16). The average Bonchev–Trinajstić information content (AvgIpc) is 2.74. The Hall–Kier alpha value is -1.89. The summed E-state index contributed by atoms with van der Waals surface area (Å²) in [5, 5.41) is 22.5. The van der Waals surface area contributed by atoms with E-state index < -0.39 is 16.9 Å². The summed E-state index contributed by atoms with van der Waals surface area (Å²) in [5.41, 5.74) is -0.0543. The number of nitrogens with one attached hydrogen (secondary N) is 2. The van der Waals surface area contributed by atoms with Crippen molar-refractivity contribution in [3.05, 3.63) is 28.1 Å². The first-order chi connectivity index (χ1) is 8.40. The smallest absolute Gasteiger partial charge is 0.287 e. The van der Waals surface area contributed by atoms with Crippen molar-refractivity contribution in [2.75, 3.05) is 6.54 Å². The van der Waals surface area contributed by atoms with Gasteiger partial charge in [-0.2, -0.15) is 0 Å². The molecule has 0 aliphatic rings. The Balaban J connectivity index is 2.47. The normalized spacial score (nSPS) is 12.4. The van der Waals surface area contributed by atoms with Crippen LogP contribution in [0.5, 0.6) is 0 Å². The zero-order valence-electron chi connectivity index (χ0n) is 10.3. The van der Waals surface area contributed by atoms with Crippen LogP contribution in [-0.4, -0.2) is 33.6 Å². The van der Waals surface area contributed by atoms with E-state index in [0.717, 1.165) is 12.3 Å². The van der Waals surface area contributed by atoms with Gasteiger partial charge in [0.15, 0.2) is 0 Å². The van der Waals surface area contributed by atoms with Crippen LogP contribution in [0, 0.1) is 16.0 Å². The number of H-pyrrole nitrogens is 1. The van der Waals surface area contributed by atoms with Crippen molar-refractivity contribution in [2.24, 2.45) is 5.92 Å². The molecule has 7 nitrogen and oxygen atoms in total. The molecule has 0 saturated heterocycles. The van der Waals surface area contributed by atoms with Gasteiger partial charge >= 0.3 is 0 Å². The van der Waals surface area contributed by atoms with Crippen LogP contribution in [0.25, 0.3) is 0 Å². The Labute approximate surface area is 104 Å². The van der Waals surface area contributed by atoms with Gasteiger partial charge in [0.05, 0.1) is 17.2 Å². The van der Waals surface area contributed by atoms with Crippen LogP contribution in [0.4, 0.5) is 5.69 Å². The van der Waals surface area contributed by atoms with Gasteiger partial charge in [-0.3, -0.25) is 14.9 Å². The summed E-state index contributed by atoms with van der Waals surface area (Å²) in [6, 6.07) is 1.16. The first kappa shape index (κ1) is 14.2. The van der Waals surface area contributed by atoms with Gasteiger partial charge in [0.2, 0.25) is 0 Å². The number of hydrogen-bond donors (Lipinski definition) is 3. The van der Waals surface area contributed by atoms with E-state index in [1.54, 1.807) is 0 Å². The topological polar surface area (TPSA) is 108 Å².